The van der Waals surface area contributed by atoms with Gasteiger partial charge in [-0.25, -0.2) is 0 Å². The van der Waals surface area contributed by atoms with Gasteiger partial charge in [0.15, 0.2) is 0 Å². The second kappa shape index (κ2) is 4.13. The van der Waals surface area contributed by atoms with Crippen molar-refractivity contribution in [2.24, 2.45) is 11.8 Å². The van der Waals surface area contributed by atoms with Crippen LogP contribution in [0.2, 0.25) is 0 Å². The van der Waals surface area contributed by atoms with Crippen LogP contribution in [0.15, 0.2) is 23.8 Å². The molecule has 0 amide bonds. The third-order valence-electron chi connectivity index (χ3n) is 3.59. The fourth-order valence-electron chi connectivity index (χ4n) is 2.73. The summed E-state index contributed by atoms with van der Waals surface area (Å²) in [5, 5.41) is 0. The molecule has 2 rings (SSSR count). The first-order valence-electron chi connectivity index (χ1n) is 5.74. The Kier molecular flexibility index (Phi) is 2.87. The minimum Gasteiger partial charge on any atom is -0.0845 e. The first kappa shape index (κ1) is 9.05. The van der Waals surface area contributed by atoms with E-state index in [9.17, 15) is 0 Å². The summed E-state index contributed by atoms with van der Waals surface area (Å²) in [6.45, 7) is 2.39. The molecule has 0 nitrogen and oxygen atoms in total. The molecule has 0 spiro atoms. The molecular weight excluding hydrogens is 156 g/mol. The van der Waals surface area contributed by atoms with Gasteiger partial charge in [0.2, 0.25) is 0 Å². The second-order valence-electron chi connectivity index (χ2n) is 4.55. The van der Waals surface area contributed by atoms with Crippen molar-refractivity contribution in [3.8, 4) is 0 Å². The Balaban J connectivity index is 2.14. The maximum atomic E-state index is 2.40. The molecule has 0 heteroatoms. The molecule has 0 radical (unpaired) electrons. The summed E-state index contributed by atoms with van der Waals surface area (Å²) in [7, 11) is 0. The van der Waals surface area contributed by atoms with Gasteiger partial charge in [0, 0.05) is 0 Å². The van der Waals surface area contributed by atoms with E-state index >= 15 is 0 Å². The van der Waals surface area contributed by atoms with E-state index in [1.165, 1.54) is 38.5 Å². The van der Waals surface area contributed by atoms with Gasteiger partial charge < -0.3 is 0 Å². The molecule has 1 fully saturated rings. The minimum atomic E-state index is 0.854. The fraction of sp³-hybridized carbons (Fsp3) is 0.692. The summed E-state index contributed by atoms with van der Waals surface area (Å²) in [5.41, 5.74) is 1.73. The van der Waals surface area contributed by atoms with Crippen LogP contribution in [0.3, 0.4) is 0 Å². The van der Waals surface area contributed by atoms with Gasteiger partial charge in [0.05, 0.1) is 0 Å². The number of allylic oxidation sites excluding steroid dienone is 4. The van der Waals surface area contributed by atoms with Crippen molar-refractivity contribution in [2.75, 3.05) is 0 Å². The van der Waals surface area contributed by atoms with E-state index in [-0.39, 0.29) is 0 Å². The molecular formula is C13H20. The maximum Gasteiger partial charge on any atom is -0.0197 e. The Morgan fingerprint density at radius 1 is 1.15 bits per heavy atom. The summed E-state index contributed by atoms with van der Waals surface area (Å²) in [4.78, 5) is 0. The van der Waals surface area contributed by atoms with Crippen molar-refractivity contribution in [1.29, 1.82) is 0 Å². The highest BCUT2D eigenvalue weighted by Gasteiger charge is 2.26. The van der Waals surface area contributed by atoms with Crippen LogP contribution in [-0.2, 0) is 0 Å². The smallest absolute Gasteiger partial charge is 0.0197 e. The van der Waals surface area contributed by atoms with Crippen LogP contribution < -0.4 is 0 Å². The third kappa shape index (κ3) is 2.04. The molecule has 0 aromatic heterocycles. The van der Waals surface area contributed by atoms with E-state index in [1.54, 1.807) is 5.57 Å². The molecule has 0 bridgehead atoms. The van der Waals surface area contributed by atoms with Gasteiger partial charge in [0.25, 0.3) is 0 Å². The van der Waals surface area contributed by atoms with Crippen molar-refractivity contribution < 1.29 is 0 Å². The number of fused-ring (bicyclic) bond motifs is 1. The van der Waals surface area contributed by atoms with Crippen molar-refractivity contribution in [2.45, 2.75) is 45.4 Å². The van der Waals surface area contributed by atoms with E-state index in [0.29, 0.717) is 0 Å². The maximum absolute atomic E-state index is 2.40. The highest BCUT2D eigenvalue weighted by molar-refractivity contribution is 5.21. The van der Waals surface area contributed by atoms with E-state index in [1.807, 2.05) is 0 Å². The number of rotatable bonds is 0. The summed E-state index contributed by atoms with van der Waals surface area (Å²) in [5.74, 6) is 1.78. The lowest BCUT2D eigenvalue weighted by molar-refractivity contribution is 0.533. The first-order chi connectivity index (χ1) is 6.38. The molecule has 0 aromatic rings. The van der Waals surface area contributed by atoms with Gasteiger partial charge in [-0.15, -0.1) is 0 Å². The third-order valence-corrected chi connectivity index (χ3v) is 3.59. The van der Waals surface area contributed by atoms with Crippen LogP contribution in [-0.4, -0.2) is 0 Å². The number of hydrogen-bond donors (Lipinski definition) is 0. The normalized spacial score (nSPS) is 40.8. The van der Waals surface area contributed by atoms with E-state index < -0.39 is 0 Å². The quantitative estimate of drug-likeness (QED) is 0.521. The van der Waals surface area contributed by atoms with Gasteiger partial charge >= 0.3 is 0 Å². The monoisotopic (exact) mass is 176 g/mol. The minimum absolute atomic E-state index is 0.854. The molecule has 2 aliphatic carbocycles. The van der Waals surface area contributed by atoms with Crippen LogP contribution in [0.25, 0.3) is 0 Å². The second-order valence-corrected chi connectivity index (χ2v) is 4.55. The first-order valence-corrected chi connectivity index (χ1v) is 5.74. The fourth-order valence-corrected chi connectivity index (χ4v) is 2.73. The van der Waals surface area contributed by atoms with Gasteiger partial charge in [0.1, 0.15) is 0 Å². The Morgan fingerprint density at radius 2 is 2.08 bits per heavy atom. The van der Waals surface area contributed by atoms with E-state index in [2.05, 4.69) is 25.2 Å². The molecule has 0 N–H and O–H groups in total. The molecule has 0 saturated heterocycles. The molecule has 2 unspecified atom stereocenters. The SMILES string of the molecule is CC1CCC2CCCC/C=C/C=C/12. The number of hydrogen-bond acceptors (Lipinski definition) is 0. The molecule has 13 heavy (non-hydrogen) atoms. The average molecular weight is 176 g/mol. The largest absolute Gasteiger partial charge is 0.0845 e. The summed E-state index contributed by atoms with van der Waals surface area (Å²) >= 11 is 0. The zero-order valence-corrected chi connectivity index (χ0v) is 8.63. The van der Waals surface area contributed by atoms with Gasteiger partial charge in [-0.05, 0) is 43.9 Å². The van der Waals surface area contributed by atoms with Crippen LogP contribution in [0, 0.1) is 11.8 Å². The zero-order valence-electron chi connectivity index (χ0n) is 8.63. The predicted molar refractivity (Wildman–Crippen MR) is 57.6 cm³/mol. The Bertz CT molecular complexity index is 222. The van der Waals surface area contributed by atoms with Gasteiger partial charge in [-0.1, -0.05) is 37.1 Å². The van der Waals surface area contributed by atoms with E-state index in [4.69, 9.17) is 0 Å². The van der Waals surface area contributed by atoms with Gasteiger partial charge in [-0.2, -0.15) is 0 Å². The standard InChI is InChI=1S/C13H20/c1-11-9-10-12-7-5-3-2-4-6-8-13(11)12/h4,6,8,11-12H,2-3,5,7,9-10H2,1H3/b6-4+,13-8-. The average Bonchev–Trinajstić information content (AvgIpc) is 2.51. The summed E-state index contributed by atoms with van der Waals surface area (Å²) < 4.78 is 0. The van der Waals surface area contributed by atoms with Crippen molar-refractivity contribution in [1.82, 2.24) is 0 Å². The Hall–Kier alpha value is -0.520. The summed E-state index contributed by atoms with van der Waals surface area (Å²) in [6, 6.07) is 0. The van der Waals surface area contributed by atoms with Crippen LogP contribution in [0.4, 0.5) is 0 Å². The van der Waals surface area contributed by atoms with Crippen LogP contribution in [0.5, 0.6) is 0 Å². The molecule has 0 heterocycles. The molecule has 2 atom stereocenters. The Labute approximate surface area is 81.7 Å². The molecule has 0 aliphatic heterocycles. The molecule has 0 aromatic carbocycles. The van der Waals surface area contributed by atoms with Crippen molar-refractivity contribution in [3.63, 3.8) is 0 Å². The highest BCUT2D eigenvalue weighted by Crippen LogP contribution is 2.39. The molecule has 72 valence electrons. The predicted octanol–water partition coefficient (Wildman–Crippen LogP) is 4.09. The van der Waals surface area contributed by atoms with Crippen molar-refractivity contribution in [3.05, 3.63) is 23.8 Å². The lowest BCUT2D eigenvalue weighted by atomic mass is 9.93. The van der Waals surface area contributed by atoms with Crippen LogP contribution in [0.1, 0.15) is 45.4 Å². The summed E-state index contributed by atoms with van der Waals surface area (Å²) in [6.07, 6.45) is 15.4. The Morgan fingerprint density at radius 3 is 3.00 bits per heavy atom. The van der Waals surface area contributed by atoms with Gasteiger partial charge in [-0.3, -0.25) is 0 Å². The topological polar surface area (TPSA) is 0 Å². The van der Waals surface area contributed by atoms with E-state index in [0.717, 1.165) is 11.8 Å². The molecule has 2 aliphatic rings. The zero-order chi connectivity index (χ0) is 9.10. The lowest BCUT2D eigenvalue weighted by Crippen LogP contribution is -1.99. The highest BCUT2D eigenvalue weighted by atomic mass is 14.3. The molecule has 1 saturated carbocycles. The lowest BCUT2D eigenvalue weighted by Gasteiger charge is -2.12. The van der Waals surface area contributed by atoms with Crippen molar-refractivity contribution >= 4 is 0 Å². The van der Waals surface area contributed by atoms with Crippen LogP contribution >= 0.6 is 0 Å².